The van der Waals surface area contributed by atoms with Crippen molar-refractivity contribution < 1.29 is 33.4 Å². The summed E-state index contributed by atoms with van der Waals surface area (Å²) in [5, 5.41) is 22.3. The number of aliphatic hydroxyl groups is 1. The van der Waals surface area contributed by atoms with Gasteiger partial charge in [0.15, 0.2) is 0 Å². The molecule has 5 N–H and O–H groups in total. The highest BCUT2D eigenvalue weighted by Crippen LogP contribution is 2.16. The summed E-state index contributed by atoms with van der Waals surface area (Å²) in [5.74, 6) is -2.48. The van der Waals surface area contributed by atoms with E-state index in [2.05, 4.69) is 5.32 Å². The number of rotatable bonds is 15. The molecule has 38 heavy (non-hydrogen) atoms. The van der Waals surface area contributed by atoms with E-state index in [9.17, 15) is 33.4 Å². The van der Waals surface area contributed by atoms with E-state index < -0.39 is 41.8 Å². The molecule has 0 aromatic heterocycles. The van der Waals surface area contributed by atoms with Crippen LogP contribution < -0.4 is 11.1 Å². The number of nitrogens with one attached hydrogen (secondary N) is 1. The fourth-order valence-corrected chi connectivity index (χ4v) is 4.17. The van der Waals surface area contributed by atoms with Crippen LogP contribution in [0.5, 0.6) is 0 Å². The lowest BCUT2D eigenvalue weighted by Gasteiger charge is -2.31. The molecule has 0 saturated carbocycles. The number of unbranched alkanes of at least 4 members (excludes halogenated alkanes) is 1. The number of nitrogens with zero attached hydrogens (tertiary/aromatic N) is 1. The molecule has 3 atom stereocenters. The maximum absolute atomic E-state index is 13.6. The fourth-order valence-electron chi connectivity index (χ4n) is 4.17. The molecule has 0 aliphatic rings. The average Bonchev–Trinajstić information content (AvgIpc) is 2.85. The van der Waals surface area contributed by atoms with E-state index >= 15 is 0 Å². The van der Waals surface area contributed by atoms with E-state index in [0.29, 0.717) is 6.42 Å². The average molecular weight is 534 g/mol. The quantitative estimate of drug-likeness (QED) is 0.277. The predicted molar refractivity (Wildman–Crippen MR) is 139 cm³/mol. The zero-order valence-corrected chi connectivity index (χ0v) is 21.8. The normalized spacial score (nSPS) is 13.4. The maximum atomic E-state index is 13.6. The lowest BCUT2D eigenvalue weighted by atomic mass is 10.00. The smallest absolute Gasteiger partial charge is 0.405 e. The Bertz CT molecular complexity index is 1080. The highest BCUT2D eigenvalue weighted by molar-refractivity contribution is 5.91. The molecule has 0 bridgehead atoms. The number of carbonyl (C=O) groups excluding carboxylic acids is 2. The van der Waals surface area contributed by atoms with Gasteiger partial charge in [-0.15, -0.1) is 0 Å². The zero-order valence-electron chi connectivity index (χ0n) is 21.8. The van der Waals surface area contributed by atoms with Gasteiger partial charge in [-0.1, -0.05) is 44.5 Å². The standard InChI is InChI=1S/C28H37F2N3O5/c1-3-5-9-23(34)15-25(32-28(37)38)27(36)33(16-19-8-6-7-18(4-2)10-19)17-26(35)24(31)13-20-11-21(29)14-22(30)12-20/h6-8,10-12,14,24-26,32,35H,3-5,9,13,15-17,31H2,1-2H3,(H,37,38)/t24-,25+,26+/m0/s1. The number of carboxylic acid groups (broad SMARTS) is 1. The molecule has 208 valence electrons. The lowest BCUT2D eigenvalue weighted by Crippen LogP contribution is -2.53. The van der Waals surface area contributed by atoms with Gasteiger partial charge in [-0.05, 0) is 48.1 Å². The SMILES string of the molecule is CCCCC(=O)C[C@@H](NC(=O)O)C(=O)N(Cc1cccc(CC)c1)C[C@@H](O)[C@@H](N)Cc1cc(F)cc(F)c1. The third kappa shape index (κ3) is 10.2. The number of aryl methyl sites for hydroxylation is 1. The number of halogens is 2. The highest BCUT2D eigenvalue weighted by Gasteiger charge is 2.30. The largest absolute Gasteiger partial charge is 0.465 e. The van der Waals surface area contributed by atoms with Crippen LogP contribution in [-0.2, 0) is 29.0 Å². The van der Waals surface area contributed by atoms with Crippen LogP contribution >= 0.6 is 0 Å². The van der Waals surface area contributed by atoms with Crippen LogP contribution in [0.4, 0.5) is 13.6 Å². The minimum atomic E-state index is -1.45. The Morgan fingerprint density at radius 1 is 1.03 bits per heavy atom. The van der Waals surface area contributed by atoms with Gasteiger partial charge in [-0.25, -0.2) is 13.6 Å². The Kier molecular flexibility index (Phi) is 12.3. The summed E-state index contributed by atoms with van der Waals surface area (Å²) < 4.78 is 27.2. The predicted octanol–water partition coefficient (Wildman–Crippen LogP) is 3.57. The summed E-state index contributed by atoms with van der Waals surface area (Å²) in [5.41, 5.74) is 8.15. The van der Waals surface area contributed by atoms with Gasteiger partial charge >= 0.3 is 6.09 Å². The molecule has 0 radical (unpaired) electrons. The van der Waals surface area contributed by atoms with Gasteiger partial charge in [0.2, 0.25) is 5.91 Å². The Morgan fingerprint density at radius 3 is 2.29 bits per heavy atom. The van der Waals surface area contributed by atoms with Gasteiger partial charge in [0.1, 0.15) is 23.5 Å². The number of nitrogens with two attached hydrogens (primary N) is 1. The summed E-state index contributed by atoms with van der Waals surface area (Å²) in [6.45, 7) is 3.65. The summed E-state index contributed by atoms with van der Waals surface area (Å²) >= 11 is 0. The lowest BCUT2D eigenvalue weighted by molar-refractivity contribution is -0.137. The first-order chi connectivity index (χ1) is 18.0. The Balaban J connectivity index is 2.28. The van der Waals surface area contributed by atoms with E-state index in [1.807, 2.05) is 32.0 Å². The van der Waals surface area contributed by atoms with Crippen molar-refractivity contribution >= 4 is 17.8 Å². The maximum Gasteiger partial charge on any atom is 0.405 e. The van der Waals surface area contributed by atoms with Gasteiger partial charge in [0, 0.05) is 38.0 Å². The second kappa shape index (κ2) is 15.1. The van der Waals surface area contributed by atoms with E-state index in [0.717, 1.165) is 42.2 Å². The molecule has 8 nitrogen and oxygen atoms in total. The molecule has 10 heteroatoms. The molecule has 0 fully saturated rings. The number of ketones is 1. The van der Waals surface area contributed by atoms with E-state index in [4.69, 9.17) is 5.73 Å². The molecule has 0 saturated heterocycles. The number of carbonyl (C=O) groups is 3. The third-order valence-corrected chi connectivity index (χ3v) is 6.22. The van der Waals surface area contributed by atoms with Crippen molar-refractivity contribution in [2.24, 2.45) is 5.73 Å². The number of amides is 2. The van der Waals surface area contributed by atoms with Crippen molar-refractivity contribution in [2.75, 3.05) is 6.54 Å². The zero-order chi connectivity index (χ0) is 28.2. The van der Waals surface area contributed by atoms with Crippen LogP contribution in [0.25, 0.3) is 0 Å². The summed E-state index contributed by atoms with van der Waals surface area (Å²) in [6, 6.07) is 8.10. The van der Waals surface area contributed by atoms with Gasteiger partial charge in [0.05, 0.1) is 6.10 Å². The summed E-state index contributed by atoms with van der Waals surface area (Å²) in [4.78, 5) is 38.7. The van der Waals surface area contributed by atoms with Gasteiger partial charge in [-0.2, -0.15) is 0 Å². The number of hydrogen-bond acceptors (Lipinski definition) is 5. The van der Waals surface area contributed by atoms with Crippen molar-refractivity contribution in [2.45, 2.75) is 77.1 Å². The molecule has 2 aromatic rings. The summed E-state index contributed by atoms with van der Waals surface area (Å²) in [7, 11) is 0. The molecular weight excluding hydrogens is 496 g/mol. The Labute approximate surface area is 221 Å². The molecule has 0 aliphatic carbocycles. The second-order valence-corrected chi connectivity index (χ2v) is 9.45. The van der Waals surface area contributed by atoms with E-state index in [1.54, 1.807) is 6.07 Å². The fraction of sp³-hybridized carbons (Fsp3) is 0.464. The van der Waals surface area contributed by atoms with Gasteiger partial charge in [0.25, 0.3) is 0 Å². The van der Waals surface area contributed by atoms with Crippen LogP contribution in [0.15, 0.2) is 42.5 Å². The van der Waals surface area contributed by atoms with Crippen molar-refractivity contribution in [1.29, 1.82) is 0 Å². The first kappa shape index (κ1) is 30.9. The minimum Gasteiger partial charge on any atom is -0.465 e. The molecule has 2 amide bonds. The number of hydrogen-bond donors (Lipinski definition) is 4. The second-order valence-electron chi connectivity index (χ2n) is 9.45. The number of Topliss-reactive ketones (excluding diaryl/α,β-unsaturated/α-hetero) is 1. The Hall–Kier alpha value is -3.37. The minimum absolute atomic E-state index is 0.0337. The first-order valence-corrected chi connectivity index (χ1v) is 12.8. The van der Waals surface area contributed by atoms with E-state index in [1.165, 1.54) is 4.90 Å². The van der Waals surface area contributed by atoms with Crippen LogP contribution in [0.2, 0.25) is 0 Å². The topological polar surface area (TPSA) is 133 Å². The third-order valence-electron chi connectivity index (χ3n) is 6.22. The van der Waals surface area contributed by atoms with Crippen molar-refractivity contribution in [1.82, 2.24) is 10.2 Å². The molecule has 0 heterocycles. The monoisotopic (exact) mass is 533 g/mol. The van der Waals surface area contributed by atoms with Crippen molar-refractivity contribution in [3.63, 3.8) is 0 Å². The van der Waals surface area contributed by atoms with Crippen LogP contribution in [-0.4, -0.2) is 57.6 Å². The van der Waals surface area contributed by atoms with Crippen LogP contribution in [0.1, 0.15) is 56.2 Å². The van der Waals surface area contributed by atoms with Crippen molar-refractivity contribution in [3.05, 3.63) is 70.8 Å². The molecule has 2 aromatic carbocycles. The Morgan fingerprint density at radius 2 is 1.68 bits per heavy atom. The highest BCUT2D eigenvalue weighted by atomic mass is 19.1. The van der Waals surface area contributed by atoms with Gasteiger partial charge < -0.3 is 26.2 Å². The molecule has 0 unspecified atom stereocenters. The summed E-state index contributed by atoms with van der Waals surface area (Å²) in [6.07, 6.45) is -0.765. The first-order valence-electron chi connectivity index (χ1n) is 12.8. The number of aliphatic hydroxyl groups excluding tert-OH is 1. The molecule has 0 aliphatic heterocycles. The van der Waals surface area contributed by atoms with Crippen LogP contribution in [0.3, 0.4) is 0 Å². The molecule has 2 rings (SSSR count). The van der Waals surface area contributed by atoms with E-state index in [-0.39, 0.29) is 43.7 Å². The van der Waals surface area contributed by atoms with Gasteiger partial charge in [-0.3, -0.25) is 9.59 Å². The molecule has 0 spiro atoms. The number of benzene rings is 2. The molecular formula is C28H37F2N3O5. The van der Waals surface area contributed by atoms with Crippen molar-refractivity contribution in [3.8, 4) is 0 Å². The van der Waals surface area contributed by atoms with Crippen LogP contribution in [0, 0.1) is 11.6 Å².